The minimum Gasteiger partial charge on any atom is -0.496 e. The Balaban J connectivity index is 1.60. The van der Waals surface area contributed by atoms with Gasteiger partial charge in [-0.2, -0.15) is 0 Å². The van der Waals surface area contributed by atoms with Gasteiger partial charge >= 0.3 is 0 Å². The number of amides is 1. The van der Waals surface area contributed by atoms with Crippen molar-refractivity contribution in [3.8, 4) is 5.75 Å². The summed E-state index contributed by atoms with van der Waals surface area (Å²) < 4.78 is 5.43. The maximum absolute atomic E-state index is 13.1. The first-order valence-electron chi connectivity index (χ1n) is 9.66. The van der Waals surface area contributed by atoms with Gasteiger partial charge in [0.2, 0.25) is 0 Å². The number of aromatic nitrogens is 2. The lowest BCUT2D eigenvalue weighted by atomic mass is 10.1. The zero-order chi connectivity index (χ0) is 20.4. The number of ether oxygens (including phenoxy) is 1. The molecule has 0 saturated carbocycles. The molecule has 0 spiro atoms. The van der Waals surface area contributed by atoms with Crippen LogP contribution in [-0.2, 0) is 6.54 Å². The van der Waals surface area contributed by atoms with Gasteiger partial charge in [0.05, 0.1) is 17.4 Å². The summed E-state index contributed by atoms with van der Waals surface area (Å²) >= 11 is 1.45. The zero-order valence-electron chi connectivity index (χ0n) is 16.9. The third kappa shape index (κ3) is 3.90. The molecule has 1 aromatic carbocycles. The molecule has 3 aromatic rings. The molecule has 3 heterocycles. The van der Waals surface area contributed by atoms with Gasteiger partial charge < -0.3 is 19.9 Å². The molecule has 0 aliphatic carbocycles. The average Bonchev–Trinajstić information content (AvgIpc) is 3.09. The van der Waals surface area contributed by atoms with Crippen LogP contribution in [0.25, 0.3) is 10.2 Å². The van der Waals surface area contributed by atoms with Crippen molar-refractivity contribution < 1.29 is 9.53 Å². The molecule has 1 saturated heterocycles. The van der Waals surface area contributed by atoms with Gasteiger partial charge in [-0.15, -0.1) is 11.3 Å². The Labute approximate surface area is 174 Å². The van der Waals surface area contributed by atoms with E-state index in [4.69, 9.17) is 4.74 Å². The molecular formula is C21H25N5O2S. The number of rotatable bonds is 5. The van der Waals surface area contributed by atoms with E-state index in [1.54, 1.807) is 13.4 Å². The molecule has 29 heavy (non-hydrogen) atoms. The van der Waals surface area contributed by atoms with Crippen molar-refractivity contribution in [1.29, 1.82) is 0 Å². The summed E-state index contributed by atoms with van der Waals surface area (Å²) in [6, 6.07) is 7.89. The molecule has 1 fully saturated rings. The maximum Gasteiger partial charge on any atom is 0.264 e. The van der Waals surface area contributed by atoms with Gasteiger partial charge in [0.15, 0.2) is 0 Å². The van der Waals surface area contributed by atoms with Crippen molar-refractivity contribution in [2.24, 2.45) is 0 Å². The molecule has 0 radical (unpaired) electrons. The summed E-state index contributed by atoms with van der Waals surface area (Å²) in [4.78, 5) is 27.7. The molecule has 7 nitrogen and oxygen atoms in total. The second-order valence-electron chi connectivity index (χ2n) is 7.22. The Morgan fingerprint density at radius 2 is 1.97 bits per heavy atom. The fourth-order valence-electron chi connectivity index (χ4n) is 3.59. The number of methoxy groups -OCH3 is 1. The first-order chi connectivity index (χ1) is 14.1. The quantitative estimate of drug-likeness (QED) is 0.696. The Bertz CT molecular complexity index is 1030. The first kappa shape index (κ1) is 19.6. The number of thiophene rings is 1. The highest BCUT2D eigenvalue weighted by molar-refractivity contribution is 7.20. The summed E-state index contributed by atoms with van der Waals surface area (Å²) in [6.07, 6.45) is 1.55. The lowest BCUT2D eigenvalue weighted by Gasteiger charge is -2.32. The smallest absolute Gasteiger partial charge is 0.264 e. The van der Waals surface area contributed by atoms with E-state index in [2.05, 4.69) is 27.2 Å². The number of carbonyl (C=O) groups excluding carboxylic acids is 1. The van der Waals surface area contributed by atoms with E-state index in [9.17, 15) is 4.79 Å². The van der Waals surface area contributed by atoms with Crippen LogP contribution in [0.3, 0.4) is 0 Å². The van der Waals surface area contributed by atoms with Gasteiger partial charge in [-0.05, 0) is 25.6 Å². The highest BCUT2D eigenvalue weighted by Gasteiger charge is 2.25. The number of carbonyl (C=O) groups is 1. The largest absolute Gasteiger partial charge is 0.496 e. The highest BCUT2D eigenvalue weighted by atomic mass is 32.1. The number of piperazine rings is 1. The number of benzene rings is 1. The normalized spacial score (nSPS) is 14.9. The third-order valence-electron chi connectivity index (χ3n) is 5.35. The molecule has 0 bridgehead atoms. The number of anilines is 1. The van der Waals surface area contributed by atoms with Crippen molar-refractivity contribution in [3.63, 3.8) is 0 Å². The predicted molar refractivity (Wildman–Crippen MR) is 116 cm³/mol. The molecule has 0 unspecified atom stereocenters. The van der Waals surface area contributed by atoms with Crippen molar-refractivity contribution in [2.45, 2.75) is 13.5 Å². The van der Waals surface area contributed by atoms with E-state index < -0.39 is 0 Å². The Morgan fingerprint density at radius 3 is 2.72 bits per heavy atom. The van der Waals surface area contributed by atoms with Crippen LogP contribution in [0.4, 0.5) is 5.82 Å². The van der Waals surface area contributed by atoms with Gasteiger partial charge in [0.25, 0.3) is 5.91 Å². The number of nitrogens with zero attached hydrogens (tertiary/aromatic N) is 4. The van der Waals surface area contributed by atoms with Crippen LogP contribution < -0.4 is 10.1 Å². The Morgan fingerprint density at radius 1 is 1.21 bits per heavy atom. The van der Waals surface area contributed by atoms with E-state index >= 15 is 0 Å². The number of nitrogens with one attached hydrogen (secondary N) is 1. The van der Waals surface area contributed by atoms with Crippen molar-refractivity contribution >= 4 is 33.3 Å². The standard InChI is InChI=1S/C21H25N5O2S/c1-14-17-19(22-12-15-6-4-5-7-16(15)28-3)23-13-24-20(17)29-18(14)21(27)26-10-8-25(2)9-11-26/h4-7,13H,8-12H2,1-3H3,(H,22,23,24). The summed E-state index contributed by atoms with van der Waals surface area (Å²) in [5, 5.41) is 4.32. The van der Waals surface area contributed by atoms with Crippen LogP contribution >= 0.6 is 11.3 Å². The van der Waals surface area contributed by atoms with Gasteiger partial charge in [-0.3, -0.25) is 4.79 Å². The lowest BCUT2D eigenvalue weighted by molar-refractivity contribution is 0.0668. The van der Waals surface area contributed by atoms with E-state index in [1.807, 2.05) is 36.1 Å². The van der Waals surface area contributed by atoms with E-state index in [1.165, 1.54) is 11.3 Å². The summed E-state index contributed by atoms with van der Waals surface area (Å²) in [5.74, 6) is 1.67. The maximum atomic E-state index is 13.1. The van der Waals surface area contributed by atoms with Crippen LogP contribution in [0.5, 0.6) is 5.75 Å². The first-order valence-corrected chi connectivity index (χ1v) is 10.5. The van der Waals surface area contributed by atoms with Crippen LogP contribution in [0.15, 0.2) is 30.6 Å². The molecule has 8 heteroatoms. The van der Waals surface area contributed by atoms with Gasteiger partial charge in [0.1, 0.15) is 22.7 Å². The molecule has 0 atom stereocenters. The van der Waals surface area contributed by atoms with Crippen molar-refractivity contribution in [1.82, 2.24) is 19.8 Å². The predicted octanol–water partition coefficient (Wildman–Crippen LogP) is 3.01. The van der Waals surface area contributed by atoms with E-state index in [0.717, 1.165) is 64.0 Å². The topological polar surface area (TPSA) is 70.6 Å². The number of hydrogen-bond donors (Lipinski definition) is 1. The fourth-order valence-corrected chi connectivity index (χ4v) is 4.71. The zero-order valence-corrected chi connectivity index (χ0v) is 17.8. The van der Waals surface area contributed by atoms with Crippen molar-refractivity contribution in [2.75, 3.05) is 45.7 Å². The van der Waals surface area contributed by atoms with E-state index in [-0.39, 0.29) is 5.91 Å². The monoisotopic (exact) mass is 411 g/mol. The van der Waals surface area contributed by atoms with Crippen LogP contribution in [0, 0.1) is 6.92 Å². The average molecular weight is 412 g/mol. The minimum absolute atomic E-state index is 0.0919. The number of aryl methyl sites for hydroxylation is 1. The fraction of sp³-hybridized carbons (Fsp3) is 0.381. The molecule has 1 aliphatic rings. The number of likely N-dealkylation sites (N-methyl/N-ethyl adjacent to an activating group) is 1. The number of hydrogen-bond acceptors (Lipinski definition) is 7. The van der Waals surface area contributed by atoms with Gasteiger partial charge in [-0.25, -0.2) is 9.97 Å². The molecule has 1 aliphatic heterocycles. The van der Waals surface area contributed by atoms with Crippen molar-refractivity contribution in [3.05, 3.63) is 46.6 Å². The minimum atomic E-state index is 0.0919. The molecular weight excluding hydrogens is 386 g/mol. The number of fused-ring (bicyclic) bond motifs is 1. The van der Waals surface area contributed by atoms with Crippen LogP contribution in [0.2, 0.25) is 0 Å². The molecule has 1 N–H and O–H groups in total. The third-order valence-corrected chi connectivity index (χ3v) is 6.54. The summed E-state index contributed by atoms with van der Waals surface area (Å²) in [5.41, 5.74) is 1.99. The van der Waals surface area contributed by atoms with Gasteiger partial charge in [-0.1, -0.05) is 18.2 Å². The highest BCUT2D eigenvalue weighted by Crippen LogP contribution is 2.34. The van der Waals surface area contributed by atoms with E-state index in [0.29, 0.717) is 6.54 Å². The van der Waals surface area contributed by atoms with Crippen LogP contribution in [-0.4, -0.2) is 66.0 Å². The Hall–Kier alpha value is -2.71. The molecule has 1 amide bonds. The molecule has 2 aromatic heterocycles. The lowest BCUT2D eigenvalue weighted by Crippen LogP contribution is -2.47. The second-order valence-corrected chi connectivity index (χ2v) is 8.22. The summed E-state index contributed by atoms with van der Waals surface area (Å²) in [6.45, 7) is 5.89. The SMILES string of the molecule is COc1ccccc1CNc1ncnc2sc(C(=O)N3CCN(C)CC3)c(C)c12. The molecule has 152 valence electrons. The summed E-state index contributed by atoms with van der Waals surface area (Å²) in [7, 11) is 3.75. The van der Waals surface area contributed by atoms with Gasteiger partial charge in [0, 0.05) is 38.3 Å². The second kappa shape index (κ2) is 8.34. The molecule has 4 rings (SSSR count). The number of para-hydroxylation sites is 1. The Kier molecular flexibility index (Phi) is 5.64. The van der Waals surface area contributed by atoms with Crippen LogP contribution in [0.1, 0.15) is 20.8 Å².